The lowest BCUT2D eigenvalue weighted by Gasteiger charge is -2.08. The number of aliphatic hydroxyl groups is 1. The van der Waals surface area contributed by atoms with E-state index in [1.165, 1.54) is 11.8 Å². The third-order valence-electron chi connectivity index (χ3n) is 4.09. The number of aliphatic hydroxyl groups excluding tert-OH is 1. The number of fused-ring (bicyclic) bond motifs is 1. The van der Waals surface area contributed by atoms with E-state index in [1.807, 2.05) is 56.3 Å². The lowest BCUT2D eigenvalue weighted by Crippen LogP contribution is -2.11. The fraction of sp³-hybridized carbons (Fsp3) is 0.190. The van der Waals surface area contributed by atoms with Crippen molar-refractivity contribution in [1.29, 1.82) is 5.26 Å². The lowest BCUT2D eigenvalue weighted by atomic mass is 10.2. The van der Waals surface area contributed by atoms with Gasteiger partial charge in [0.15, 0.2) is 11.6 Å². The monoisotopic (exact) mass is 393 g/mol. The summed E-state index contributed by atoms with van der Waals surface area (Å²) in [5.41, 5.74) is 3.58. The van der Waals surface area contributed by atoms with Crippen molar-refractivity contribution in [3.63, 3.8) is 0 Å². The van der Waals surface area contributed by atoms with Crippen LogP contribution in [0.2, 0.25) is 0 Å². The molecule has 0 bridgehead atoms. The first-order valence-electron chi connectivity index (χ1n) is 8.61. The van der Waals surface area contributed by atoms with E-state index < -0.39 is 5.97 Å². The van der Waals surface area contributed by atoms with Crippen LogP contribution in [-0.2, 0) is 9.53 Å². The number of nitrogens with one attached hydrogen (secondary N) is 1. The van der Waals surface area contributed by atoms with Crippen LogP contribution in [0.5, 0.6) is 0 Å². The van der Waals surface area contributed by atoms with Crippen molar-refractivity contribution in [3.8, 4) is 6.07 Å². The maximum Gasteiger partial charge on any atom is 0.316 e. The quantitative estimate of drug-likeness (QED) is 0.280. The van der Waals surface area contributed by atoms with E-state index in [4.69, 9.17) is 4.74 Å². The van der Waals surface area contributed by atoms with Crippen molar-refractivity contribution < 1.29 is 14.6 Å². The Labute approximate surface area is 166 Å². The Morgan fingerprint density at radius 2 is 2.07 bits per heavy atom. The maximum absolute atomic E-state index is 12.0. The minimum atomic E-state index is -0.473. The molecule has 0 saturated carbocycles. The van der Waals surface area contributed by atoms with Crippen LogP contribution < -0.4 is 0 Å². The highest BCUT2D eigenvalue weighted by Crippen LogP contribution is 2.24. The van der Waals surface area contributed by atoms with E-state index in [-0.39, 0.29) is 29.5 Å². The zero-order chi connectivity index (χ0) is 20.1. The van der Waals surface area contributed by atoms with Crippen LogP contribution >= 0.6 is 11.8 Å². The Hall–Kier alpha value is -3.24. The fourth-order valence-corrected chi connectivity index (χ4v) is 3.51. The van der Waals surface area contributed by atoms with Gasteiger partial charge < -0.3 is 14.8 Å². The van der Waals surface area contributed by atoms with Gasteiger partial charge in [0.2, 0.25) is 0 Å². The maximum atomic E-state index is 12.0. The van der Waals surface area contributed by atoms with Crippen LogP contribution in [0, 0.1) is 25.2 Å². The number of nitrogens with zero attached hydrogens (tertiary/aromatic N) is 2. The molecule has 2 aromatic carbocycles. The van der Waals surface area contributed by atoms with Crippen LogP contribution in [0.25, 0.3) is 16.6 Å². The number of H-pyrrole nitrogens is 1. The zero-order valence-corrected chi connectivity index (χ0v) is 16.3. The Balaban J connectivity index is 1.64. The fourth-order valence-electron chi connectivity index (χ4n) is 2.59. The number of rotatable bonds is 6. The third kappa shape index (κ3) is 4.53. The molecular formula is C21H19N3O3S. The Morgan fingerprint density at radius 1 is 1.29 bits per heavy atom. The molecule has 0 radical (unpaired) electrons. The van der Waals surface area contributed by atoms with Gasteiger partial charge in [0.05, 0.1) is 16.8 Å². The molecule has 3 aromatic rings. The molecule has 0 aliphatic heterocycles. The van der Waals surface area contributed by atoms with Crippen molar-refractivity contribution in [3.05, 3.63) is 65.2 Å². The number of aromatic amines is 1. The molecule has 1 aromatic heterocycles. The zero-order valence-electron chi connectivity index (χ0n) is 15.5. The van der Waals surface area contributed by atoms with Gasteiger partial charge in [-0.3, -0.25) is 4.79 Å². The number of aromatic nitrogens is 2. The summed E-state index contributed by atoms with van der Waals surface area (Å²) in [6.45, 7) is 3.59. The lowest BCUT2D eigenvalue weighted by molar-refractivity contribution is -0.140. The molecule has 0 fully saturated rings. The average Bonchev–Trinajstić information content (AvgIpc) is 3.11. The van der Waals surface area contributed by atoms with Crippen molar-refractivity contribution >= 4 is 34.3 Å². The Morgan fingerprint density at radius 3 is 2.82 bits per heavy atom. The minimum absolute atomic E-state index is 0.0498. The minimum Gasteiger partial charge on any atom is -0.507 e. The predicted molar refractivity (Wildman–Crippen MR) is 109 cm³/mol. The summed E-state index contributed by atoms with van der Waals surface area (Å²) in [6, 6.07) is 15.2. The molecule has 7 heteroatoms. The number of para-hydroxylation sites is 2. The highest BCUT2D eigenvalue weighted by molar-refractivity contribution is 8.00. The Bertz CT molecular complexity index is 1060. The number of carbonyl (C=O) groups is 1. The number of hydrogen-bond donors (Lipinski definition) is 2. The number of imidazole rings is 1. The summed E-state index contributed by atoms with van der Waals surface area (Å²) in [5, 5.41) is 19.6. The number of benzene rings is 2. The number of ether oxygens (including phenoxy) is 1. The average molecular weight is 393 g/mol. The van der Waals surface area contributed by atoms with E-state index in [0.717, 1.165) is 21.5 Å². The van der Waals surface area contributed by atoms with Gasteiger partial charge in [-0.1, -0.05) is 29.8 Å². The van der Waals surface area contributed by atoms with Crippen molar-refractivity contribution in [2.45, 2.75) is 18.7 Å². The van der Waals surface area contributed by atoms with Gasteiger partial charge in [-0.25, -0.2) is 4.98 Å². The van der Waals surface area contributed by atoms with E-state index in [2.05, 4.69) is 9.97 Å². The highest BCUT2D eigenvalue weighted by Gasteiger charge is 2.15. The van der Waals surface area contributed by atoms with Crippen molar-refractivity contribution in [2.24, 2.45) is 0 Å². The van der Waals surface area contributed by atoms with Gasteiger partial charge >= 0.3 is 5.97 Å². The largest absolute Gasteiger partial charge is 0.507 e. The van der Waals surface area contributed by atoms with Crippen molar-refractivity contribution in [2.75, 3.05) is 12.4 Å². The molecular weight excluding hydrogens is 374 g/mol. The first-order valence-corrected chi connectivity index (χ1v) is 9.59. The predicted octanol–water partition coefficient (Wildman–Crippen LogP) is 4.31. The molecule has 0 saturated heterocycles. The van der Waals surface area contributed by atoms with E-state index in [1.54, 1.807) is 6.07 Å². The van der Waals surface area contributed by atoms with Crippen molar-refractivity contribution in [1.82, 2.24) is 9.97 Å². The SMILES string of the molecule is Cc1ccc(C)c(SCC(=O)OC/C(O)=C(/C#N)c2nc3ccccc3[nH]2)c1. The summed E-state index contributed by atoms with van der Waals surface area (Å²) in [5.74, 6) is -0.461. The molecule has 0 amide bonds. The molecule has 6 nitrogen and oxygen atoms in total. The van der Waals surface area contributed by atoms with Gasteiger partial charge in [0.1, 0.15) is 18.2 Å². The van der Waals surface area contributed by atoms with Gasteiger partial charge in [0, 0.05) is 4.90 Å². The molecule has 142 valence electrons. The first kappa shape index (κ1) is 19.5. The van der Waals surface area contributed by atoms with Crippen LogP contribution in [0.4, 0.5) is 0 Å². The number of esters is 1. The summed E-state index contributed by atoms with van der Waals surface area (Å²) in [4.78, 5) is 20.3. The van der Waals surface area contributed by atoms with Gasteiger partial charge in [-0.2, -0.15) is 5.26 Å². The molecule has 0 unspecified atom stereocenters. The van der Waals surface area contributed by atoms with E-state index in [0.29, 0.717) is 5.52 Å². The molecule has 0 aliphatic rings. The van der Waals surface area contributed by atoms with Gasteiger partial charge in [-0.05, 0) is 37.6 Å². The standard InChI is InChI=1S/C21H19N3O3S/c1-13-7-8-14(2)19(9-13)28-12-20(26)27-11-18(25)15(10-22)21-23-16-5-3-4-6-17(16)24-21/h3-9,25H,11-12H2,1-2H3,(H,23,24)/b18-15+. The molecule has 28 heavy (non-hydrogen) atoms. The summed E-state index contributed by atoms with van der Waals surface area (Å²) in [7, 11) is 0. The smallest absolute Gasteiger partial charge is 0.316 e. The summed E-state index contributed by atoms with van der Waals surface area (Å²) < 4.78 is 5.11. The summed E-state index contributed by atoms with van der Waals surface area (Å²) >= 11 is 1.38. The number of hydrogen-bond acceptors (Lipinski definition) is 6. The second kappa shape index (κ2) is 8.63. The molecule has 0 aliphatic carbocycles. The molecule has 0 spiro atoms. The highest BCUT2D eigenvalue weighted by atomic mass is 32.2. The van der Waals surface area contributed by atoms with Gasteiger partial charge in [0.25, 0.3) is 0 Å². The third-order valence-corrected chi connectivity index (χ3v) is 5.22. The molecule has 1 heterocycles. The second-order valence-corrected chi connectivity index (χ2v) is 7.27. The van der Waals surface area contributed by atoms with E-state index in [9.17, 15) is 15.2 Å². The normalized spacial score (nSPS) is 11.8. The number of nitriles is 1. The molecule has 0 atom stereocenters. The van der Waals surface area contributed by atoms with E-state index >= 15 is 0 Å². The van der Waals surface area contributed by atoms with Crippen LogP contribution in [0.3, 0.4) is 0 Å². The number of carbonyl (C=O) groups excluding carboxylic acids is 1. The van der Waals surface area contributed by atoms with Crippen LogP contribution in [-0.4, -0.2) is 33.4 Å². The number of allylic oxidation sites excluding steroid dienone is 1. The number of aryl methyl sites for hydroxylation is 2. The van der Waals surface area contributed by atoms with Crippen LogP contribution in [0.15, 0.2) is 53.1 Å². The molecule has 2 N–H and O–H groups in total. The van der Waals surface area contributed by atoms with Crippen LogP contribution in [0.1, 0.15) is 17.0 Å². The number of thioether (sulfide) groups is 1. The molecule has 3 rings (SSSR count). The topological polar surface area (TPSA) is 99.0 Å². The second-order valence-electron chi connectivity index (χ2n) is 6.25. The first-order chi connectivity index (χ1) is 13.5. The van der Waals surface area contributed by atoms with Gasteiger partial charge in [-0.15, -0.1) is 11.8 Å². The summed E-state index contributed by atoms with van der Waals surface area (Å²) in [6.07, 6.45) is 0. The Kier molecular flexibility index (Phi) is 6.02.